The molecule has 0 unspecified atom stereocenters. The molecule has 2 N–H and O–H groups in total. The quantitative estimate of drug-likeness (QED) is 0.776. The lowest BCUT2D eigenvalue weighted by atomic mass is 10.1. The standard InChI is InChI=1S/C18H16N2O4/c1-20-14-6-4-3-5-13(14)16(21)15(18(20)23)17(22)19-11-7-9-12(24-2)10-8-11/h3-10,21H,1-2H3,(H,19,22). The Morgan fingerprint density at radius 1 is 1.12 bits per heavy atom. The number of hydrogen-bond donors (Lipinski definition) is 2. The smallest absolute Gasteiger partial charge is 0.267 e. The summed E-state index contributed by atoms with van der Waals surface area (Å²) in [5.41, 5.74) is 0.209. The number of aromatic hydroxyl groups is 1. The zero-order valence-electron chi connectivity index (χ0n) is 13.2. The molecule has 0 aliphatic rings. The topological polar surface area (TPSA) is 80.6 Å². The highest BCUT2D eigenvalue weighted by Gasteiger charge is 2.21. The number of aryl methyl sites for hydroxylation is 1. The number of amides is 1. The fraction of sp³-hybridized carbons (Fsp3) is 0.111. The van der Waals surface area contributed by atoms with Crippen LogP contribution in [0.25, 0.3) is 10.9 Å². The molecule has 122 valence electrons. The van der Waals surface area contributed by atoms with E-state index in [9.17, 15) is 14.7 Å². The van der Waals surface area contributed by atoms with Crippen molar-refractivity contribution in [2.75, 3.05) is 12.4 Å². The third-order valence-electron chi connectivity index (χ3n) is 3.85. The predicted molar refractivity (Wildman–Crippen MR) is 91.8 cm³/mol. The third-order valence-corrected chi connectivity index (χ3v) is 3.85. The van der Waals surface area contributed by atoms with Crippen molar-refractivity contribution in [1.82, 2.24) is 4.57 Å². The molecule has 24 heavy (non-hydrogen) atoms. The molecule has 3 rings (SSSR count). The van der Waals surface area contributed by atoms with Crippen molar-refractivity contribution in [3.8, 4) is 11.5 Å². The van der Waals surface area contributed by atoms with E-state index in [-0.39, 0.29) is 11.3 Å². The molecule has 3 aromatic rings. The number of nitrogens with one attached hydrogen (secondary N) is 1. The summed E-state index contributed by atoms with van der Waals surface area (Å²) >= 11 is 0. The van der Waals surface area contributed by atoms with E-state index in [4.69, 9.17) is 4.74 Å². The number of fused-ring (bicyclic) bond motifs is 1. The Morgan fingerprint density at radius 2 is 1.79 bits per heavy atom. The zero-order valence-corrected chi connectivity index (χ0v) is 13.2. The van der Waals surface area contributed by atoms with Gasteiger partial charge in [0.25, 0.3) is 11.5 Å². The predicted octanol–water partition coefficient (Wildman–Crippen LogP) is 2.50. The van der Waals surface area contributed by atoms with Gasteiger partial charge in [-0.05, 0) is 36.4 Å². The van der Waals surface area contributed by atoms with Gasteiger partial charge in [-0.1, -0.05) is 12.1 Å². The molecule has 0 aliphatic heterocycles. The molecule has 0 bridgehead atoms. The van der Waals surface area contributed by atoms with E-state index in [1.807, 2.05) is 0 Å². The van der Waals surface area contributed by atoms with Gasteiger partial charge >= 0.3 is 0 Å². The van der Waals surface area contributed by atoms with E-state index >= 15 is 0 Å². The van der Waals surface area contributed by atoms with Gasteiger partial charge in [-0.25, -0.2) is 0 Å². The summed E-state index contributed by atoms with van der Waals surface area (Å²) < 4.78 is 6.40. The number of anilines is 1. The fourth-order valence-corrected chi connectivity index (χ4v) is 2.55. The van der Waals surface area contributed by atoms with Gasteiger partial charge in [-0.3, -0.25) is 9.59 Å². The van der Waals surface area contributed by atoms with Crippen LogP contribution in [0.4, 0.5) is 5.69 Å². The zero-order chi connectivity index (χ0) is 17.3. The number of hydrogen-bond acceptors (Lipinski definition) is 4. The van der Waals surface area contributed by atoms with E-state index in [0.717, 1.165) is 0 Å². The SMILES string of the molecule is COc1ccc(NC(=O)c2c(O)c3ccccc3n(C)c2=O)cc1. The van der Waals surface area contributed by atoms with E-state index in [1.165, 1.54) is 4.57 Å². The van der Waals surface area contributed by atoms with Crippen molar-refractivity contribution in [1.29, 1.82) is 0 Å². The number of para-hydroxylation sites is 1. The highest BCUT2D eigenvalue weighted by atomic mass is 16.5. The van der Waals surface area contributed by atoms with Crippen molar-refractivity contribution < 1.29 is 14.6 Å². The first-order chi connectivity index (χ1) is 11.5. The normalized spacial score (nSPS) is 10.6. The average Bonchev–Trinajstić information content (AvgIpc) is 2.60. The minimum Gasteiger partial charge on any atom is -0.506 e. The lowest BCUT2D eigenvalue weighted by molar-refractivity contribution is 0.102. The molecule has 0 aliphatic carbocycles. The molecule has 0 saturated carbocycles. The van der Waals surface area contributed by atoms with Crippen molar-refractivity contribution in [3.05, 3.63) is 64.4 Å². The maximum Gasteiger partial charge on any atom is 0.267 e. The molecule has 0 atom stereocenters. The Hall–Kier alpha value is -3.28. The second kappa shape index (κ2) is 6.08. The number of methoxy groups -OCH3 is 1. The van der Waals surface area contributed by atoms with E-state index < -0.39 is 11.5 Å². The van der Waals surface area contributed by atoms with Crippen LogP contribution < -0.4 is 15.6 Å². The van der Waals surface area contributed by atoms with Crippen LogP contribution in [0.2, 0.25) is 0 Å². The molecule has 0 spiro atoms. The van der Waals surface area contributed by atoms with Crippen LogP contribution in [0.15, 0.2) is 53.3 Å². The Labute approximate surface area is 137 Å². The number of pyridine rings is 1. The molecule has 6 heteroatoms. The van der Waals surface area contributed by atoms with Gasteiger partial charge < -0.3 is 19.7 Å². The first-order valence-corrected chi connectivity index (χ1v) is 7.29. The van der Waals surface area contributed by atoms with Gasteiger partial charge in [0, 0.05) is 18.1 Å². The van der Waals surface area contributed by atoms with Gasteiger partial charge in [-0.2, -0.15) is 0 Å². The highest BCUT2D eigenvalue weighted by molar-refractivity contribution is 6.09. The minimum absolute atomic E-state index is 0.285. The summed E-state index contributed by atoms with van der Waals surface area (Å²) in [7, 11) is 3.11. The summed E-state index contributed by atoms with van der Waals surface area (Å²) in [5.74, 6) is -0.332. The maximum atomic E-state index is 12.5. The van der Waals surface area contributed by atoms with Crippen molar-refractivity contribution in [2.24, 2.45) is 7.05 Å². The summed E-state index contributed by atoms with van der Waals surface area (Å²) in [4.78, 5) is 24.9. The maximum absolute atomic E-state index is 12.5. The largest absolute Gasteiger partial charge is 0.506 e. The molecular formula is C18H16N2O4. The van der Waals surface area contributed by atoms with Crippen LogP contribution in [-0.2, 0) is 7.05 Å². The van der Waals surface area contributed by atoms with Crippen LogP contribution in [0.5, 0.6) is 11.5 Å². The molecule has 1 heterocycles. The van der Waals surface area contributed by atoms with Gasteiger partial charge in [-0.15, -0.1) is 0 Å². The minimum atomic E-state index is -0.663. The summed E-state index contributed by atoms with van der Waals surface area (Å²) in [6.45, 7) is 0. The Kier molecular flexibility index (Phi) is 3.95. The Bertz CT molecular complexity index is 975. The number of aromatic nitrogens is 1. The lowest BCUT2D eigenvalue weighted by Crippen LogP contribution is -2.28. The molecule has 0 saturated heterocycles. The number of ether oxygens (including phenoxy) is 1. The van der Waals surface area contributed by atoms with Gasteiger partial charge in [0.05, 0.1) is 12.6 Å². The number of nitrogens with zero attached hydrogens (tertiary/aromatic N) is 1. The lowest BCUT2D eigenvalue weighted by Gasteiger charge is -2.12. The number of carbonyl (C=O) groups is 1. The fourth-order valence-electron chi connectivity index (χ4n) is 2.55. The van der Waals surface area contributed by atoms with Crippen LogP contribution in [-0.4, -0.2) is 22.7 Å². The van der Waals surface area contributed by atoms with E-state index in [0.29, 0.717) is 22.3 Å². The molecule has 0 radical (unpaired) electrons. The molecule has 1 amide bonds. The average molecular weight is 324 g/mol. The molecule has 0 fully saturated rings. The molecular weight excluding hydrogens is 308 g/mol. The number of rotatable bonds is 3. The van der Waals surface area contributed by atoms with E-state index in [1.54, 1.807) is 62.7 Å². The number of carbonyl (C=O) groups excluding carboxylic acids is 1. The summed E-state index contributed by atoms with van der Waals surface area (Å²) in [6, 6.07) is 13.5. The van der Waals surface area contributed by atoms with Gasteiger partial charge in [0.1, 0.15) is 17.1 Å². The monoisotopic (exact) mass is 324 g/mol. The van der Waals surface area contributed by atoms with E-state index in [2.05, 4.69) is 5.32 Å². The highest BCUT2D eigenvalue weighted by Crippen LogP contribution is 2.26. The van der Waals surface area contributed by atoms with Crippen LogP contribution >= 0.6 is 0 Å². The van der Waals surface area contributed by atoms with Crippen LogP contribution in [0, 0.1) is 0 Å². The Balaban J connectivity index is 2.05. The second-order valence-electron chi connectivity index (χ2n) is 5.29. The summed E-state index contributed by atoms with van der Waals surface area (Å²) in [5, 5.41) is 13.5. The van der Waals surface area contributed by atoms with Crippen LogP contribution in [0.1, 0.15) is 10.4 Å². The Morgan fingerprint density at radius 3 is 2.46 bits per heavy atom. The molecule has 1 aromatic heterocycles. The van der Waals surface area contributed by atoms with Crippen molar-refractivity contribution in [2.45, 2.75) is 0 Å². The van der Waals surface area contributed by atoms with Crippen LogP contribution in [0.3, 0.4) is 0 Å². The first kappa shape index (κ1) is 15.6. The van der Waals surface area contributed by atoms with Gasteiger partial charge in [0.15, 0.2) is 0 Å². The third kappa shape index (κ3) is 2.58. The molecule has 6 nitrogen and oxygen atoms in total. The summed E-state index contributed by atoms with van der Waals surface area (Å²) in [6.07, 6.45) is 0. The molecule has 2 aromatic carbocycles. The van der Waals surface area contributed by atoms with Gasteiger partial charge in [0.2, 0.25) is 0 Å². The van der Waals surface area contributed by atoms with Crippen molar-refractivity contribution >= 4 is 22.5 Å². The number of benzene rings is 2. The first-order valence-electron chi connectivity index (χ1n) is 7.29. The van der Waals surface area contributed by atoms with Crippen molar-refractivity contribution in [3.63, 3.8) is 0 Å². The second-order valence-corrected chi connectivity index (χ2v) is 5.29.